The molecule has 0 unspecified atom stereocenters. The highest BCUT2D eigenvalue weighted by Crippen LogP contribution is 2.65. The molecule has 0 bridgehead atoms. The van der Waals surface area contributed by atoms with E-state index in [2.05, 4.69) is 326 Å². The lowest BCUT2D eigenvalue weighted by molar-refractivity contribution is 0.436. The molecule has 2 aromatic heterocycles. The molecule has 6 nitrogen and oxygen atoms in total. The summed E-state index contributed by atoms with van der Waals surface area (Å²) in [5, 5.41) is 8.66. The summed E-state index contributed by atoms with van der Waals surface area (Å²) in [5.41, 5.74) is 27.0. The number of hydrogen-bond donors (Lipinski definition) is 1. The normalized spacial score (nSPS) is 12.8. The first kappa shape index (κ1) is 68.2. The SMILES string of the molecule is C.C.Clc1ccc2c(c1)C1(c3ccccc3O2)c2ccccc2-c2ccccc21.[PH2-].c1ccc(-c2ccc(N(c3ccccc3)c3ccc4c(c3)C3(c5ccccc5O4)c4ccccc4-c4ccccc43)c3c2oc2ccccc23)cc1.c1ccc(Nc2ccc(-c3ccccc3)c3oc4ccccc4c23)cc1. The molecule has 0 fully saturated rings. The third kappa shape index (κ3) is 10.7. The molecule has 18 aromatic rings. The summed E-state index contributed by atoms with van der Waals surface area (Å²) in [4.78, 5) is 2.38. The topological polar surface area (TPSA) is 60.0 Å². The third-order valence-corrected chi connectivity index (χ3v) is 21.6. The lowest BCUT2D eigenvalue weighted by atomic mass is 9.66. The van der Waals surface area contributed by atoms with E-state index in [1.165, 1.54) is 44.5 Å². The van der Waals surface area contributed by atoms with Crippen molar-refractivity contribution in [2.45, 2.75) is 25.7 Å². The van der Waals surface area contributed by atoms with Gasteiger partial charge in [-0.15, -0.1) is 0 Å². The zero-order valence-electron chi connectivity index (χ0n) is 57.3. The molecule has 2 spiro atoms. The molecule has 0 saturated heterocycles. The van der Waals surface area contributed by atoms with E-state index in [9.17, 15) is 0 Å². The van der Waals surface area contributed by atoms with Crippen molar-refractivity contribution in [3.63, 3.8) is 0 Å². The van der Waals surface area contributed by atoms with Gasteiger partial charge in [-0.1, -0.05) is 293 Å². The Hall–Kier alpha value is -13.0. The zero-order chi connectivity index (χ0) is 69.6. The first-order valence-corrected chi connectivity index (χ1v) is 35.9. The fraction of sp³-hybridized carbons (Fsp3) is 0.0400. The Morgan fingerprint density at radius 3 is 1.18 bits per heavy atom. The molecule has 0 saturated carbocycles. The van der Waals surface area contributed by atoms with Crippen molar-refractivity contribution in [2.75, 3.05) is 10.2 Å². The van der Waals surface area contributed by atoms with Gasteiger partial charge in [0, 0.05) is 66.2 Å². The van der Waals surface area contributed by atoms with Crippen LogP contribution in [-0.4, -0.2) is 0 Å². The van der Waals surface area contributed by atoms with Crippen LogP contribution >= 0.6 is 21.5 Å². The molecule has 2 aliphatic carbocycles. The molecule has 2 aliphatic heterocycles. The highest BCUT2D eigenvalue weighted by Gasteiger charge is 2.53. The number of furan rings is 2. The van der Waals surface area contributed by atoms with E-state index in [0.717, 1.165) is 145 Å². The van der Waals surface area contributed by atoms with Crippen LogP contribution in [0.2, 0.25) is 5.02 Å². The highest BCUT2D eigenvalue weighted by atomic mass is 35.5. The van der Waals surface area contributed by atoms with Gasteiger partial charge in [0.15, 0.2) is 0 Å². The Bertz CT molecular complexity index is 6340. The quantitative estimate of drug-likeness (QED) is 0.161. The largest absolute Gasteiger partial charge is 0.577 e. The van der Waals surface area contributed by atoms with E-state index in [1.54, 1.807) is 0 Å². The average molecular weight is 1430 g/mol. The van der Waals surface area contributed by atoms with Crippen LogP contribution in [0.25, 0.3) is 88.4 Å². The van der Waals surface area contributed by atoms with Crippen LogP contribution in [-0.2, 0) is 10.8 Å². The monoisotopic (exact) mass is 1430 g/mol. The van der Waals surface area contributed by atoms with E-state index in [4.69, 9.17) is 29.9 Å². The van der Waals surface area contributed by atoms with Gasteiger partial charge >= 0.3 is 0 Å². The maximum absolute atomic E-state index is 6.79. The van der Waals surface area contributed by atoms with Gasteiger partial charge in [-0.05, 0) is 165 Å². The number of rotatable bonds is 7. The molecule has 108 heavy (non-hydrogen) atoms. The van der Waals surface area contributed by atoms with Gasteiger partial charge in [0.2, 0.25) is 0 Å². The number of anilines is 5. The third-order valence-electron chi connectivity index (χ3n) is 21.4. The van der Waals surface area contributed by atoms with Crippen molar-refractivity contribution >= 4 is 93.8 Å². The number of nitrogens with one attached hydrogen (secondary N) is 1. The van der Waals surface area contributed by atoms with Crippen LogP contribution in [0.3, 0.4) is 0 Å². The van der Waals surface area contributed by atoms with Crippen LogP contribution in [0.5, 0.6) is 23.0 Å². The number of benzene rings is 16. The second kappa shape index (κ2) is 27.8. The summed E-state index contributed by atoms with van der Waals surface area (Å²) >= 11 is 6.46. The van der Waals surface area contributed by atoms with E-state index < -0.39 is 10.8 Å². The Kier molecular flexibility index (Phi) is 17.6. The van der Waals surface area contributed by atoms with Gasteiger partial charge in [-0.3, -0.25) is 0 Å². The summed E-state index contributed by atoms with van der Waals surface area (Å²) < 4.78 is 26.1. The second-order valence-corrected chi connectivity index (χ2v) is 27.4. The van der Waals surface area contributed by atoms with Crippen LogP contribution in [0.15, 0.2) is 385 Å². The molecule has 16 aromatic carbocycles. The molecule has 0 radical (unpaired) electrons. The summed E-state index contributed by atoms with van der Waals surface area (Å²) in [7, 11) is 0. The number of ether oxygens (including phenoxy) is 2. The Labute approximate surface area is 637 Å². The number of fused-ring (bicyclic) bond motifs is 24. The first-order valence-electron chi connectivity index (χ1n) is 35.6. The van der Waals surface area contributed by atoms with Crippen molar-refractivity contribution in [3.8, 4) is 67.5 Å². The van der Waals surface area contributed by atoms with E-state index in [-0.39, 0.29) is 24.8 Å². The predicted octanol–water partition coefficient (Wildman–Crippen LogP) is 28.6. The number of hydrogen-bond acceptors (Lipinski definition) is 6. The van der Waals surface area contributed by atoms with Gasteiger partial charge in [-0.2, -0.15) is 0 Å². The molecule has 22 rings (SSSR count). The summed E-state index contributed by atoms with van der Waals surface area (Å²) in [6.07, 6.45) is 0. The van der Waals surface area contributed by atoms with Crippen molar-refractivity contribution in [3.05, 3.63) is 426 Å². The van der Waals surface area contributed by atoms with Crippen molar-refractivity contribution in [1.29, 1.82) is 0 Å². The maximum Gasteiger partial charge on any atom is 0.145 e. The molecular formula is C100H73ClN2O4P-. The fourth-order valence-corrected chi connectivity index (χ4v) is 17.3. The van der Waals surface area contributed by atoms with Crippen molar-refractivity contribution < 1.29 is 18.3 Å². The molecule has 4 aliphatic rings. The van der Waals surface area contributed by atoms with Crippen LogP contribution in [0.4, 0.5) is 28.4 Å². The molecular weight excluding hydrogens is 1360 g/mol. The van der Waals surface area contributed by atoms with Gasteiger partial charge in [-0.25, -0.2) is 0 Å². The Morgan fingerprint density at radius 2 is 0.667 bits per heavy atom. The molecule has 4 heterocycles. The van der Waals surface area contributed by atoms with Crippen LogP contribution in [0, 0.1) is 0 Å². The predicted molar refractivity (Wildman–Crippen MR) is 452 cm³/mol. The van der Waals surface area contributed by atoms with Crippen LogP contribution in [0.1, 0.15) is 59.4 Å². The maximum atomic E-state index is 6.79. The summed E-state index contributed by atoms with van der Waals surface area (Å²) in [6.45, 7) is 0. The van der Waals surface area contributed by atoms with Crippen LogP contribution < -0.4 is 19.7 Å². The van der Waals surface area contributed by atoms with E-state index in [0.29, 0.717) is 0 Å². The Morgan fingerprint density at radius 1 is 0.287 bits per heavy atom. The smallest absolute Gasteiger partial charge is 0.145 e. The average Bonchev–Trinajstić information content (AvgIpc) is 1.50. The minimum absolute atomic E-state index is 0. The first-order chi connectivity index (χ1) is 52.0. The standard InChI is InChI=1S/C49H31NO2.C25H15ClO.C24H17NO.2CH4.H2P/c1-3-15-32(16-4-1)35-28-29-43(47-38-21-9-13-25-44(38)52-48(35)47)50(33-17-5-2-6-18-33)34-27-30-46-42(31-34)49(41-24-12-14-26-45(41)51-46)39-22-10-7-19-36(39)37-20-8-11-23-40(37)49;26-16-13-14-24-22(15-16)25(21-11-5-6-12-23(21)27-24)19-9-3-1-7-17(19)18-8-2-4-10-20(18)25;1-3-9-17(10-4-1)19-15-16-21(25-18-11-5-2-6-12-18)23-20-13-7-8-14-22(20)26-24(19)23;;;/h1-31H;1-15H;1-16,25H;2*1H4;1H2/q;;;;;-1. The lowest BCUT2D eigenvalue weighted by Crippen LogP contribution is -2.32. The van der Waals surface area contributed by atoms with Gasteiger partial charge in [0.05, 0.1) is 33.0 Å². The molecule has 8 heteroatoms. The number of para-hydroxylation sites is 6. The summed E-state index contributed by atoms with van der Waals surface area (Å²) in [6, 6.07) is 132. The fourth-order valence-electron chi connectivity index (χ4n) is 17.1. The van der Waals surface area contributed by atoms with E-state index in [1.807, 2.05) is 60.7 Å². The van der Waals surface area contributed by atoms with Gasteiger partial charge in [0.25, 0.3) is 0 Å². The number of nitrogens with zero attached hydrogens (tertiary/aromatic N) is 1. The van der Waals surface area contributed by atoms with Crippen molar-refractivity contribution in [2.24, 2.45) is 0 Å². The Balaban J connectivity index is 0.000000129. The molecule has 1 N–H and O–H groups in total. The minimum Gasteiger partial charge on any atom is -0.577 e. The van der Waals surface area contributed by atoms with E-state index >= 15 is 0 Å². The van der Waals surface area contributed by atoms with Gasteiger partial charge < -0.3 is 38.4 Å². The molecule has 0 amide bonds. The second-order valence-electron chi connectivity index (χ2n) is 27.0. The minimum atomic E-state index is -0.565. The highest BCUT2D eigenvalue weighted by molar-refractivity contribution is 6.92. The molecule has 0 atom stereocenters. The lowest BCUT2D eigenvalue weighted by Gasteiger charge is -2.40. The summed E-state index contributed by atoms with van der Waals surface area (Å²) in [5.74, 6) is 3.51. The number of halogens is 1. The zero-order valence-corrected chi connectivity index (χ0v) is 59.2. The van der Waals surface area contributed by atoms with Gasteiger partial charge in [0.1, 0.15) is 45.3 Å². The molecule has 520 valence electrons. The van der Waals surface area contributed by atoms with Crippen molar-refractivity contribution in [1.82, 2.24) is 0 Å².